The number of halogens is 3. The van der Waals surface area contributed by atoms with Gasteiger partial charge in [-0.25, -0.2) is 0 Å². The topological polar surface area (TPSA) is 80.5 Å². The number of hydrogen-bond donors (Lipinski definition) is 1. The first-order valence-electron chi connectivity index (χ1n) is 10.4. The number of pyridine rings is 1. The van der Waals surface area contributed by atoms with Gasteiger partial charge in [-0.1, -0.05) is 6.07 Å². The van der Waals surface area contributed by atoms with Crippen LogP contribution < -0.4 is 4.90 Å². The number of carbonyl (C=O) groups excluding carboxylic acids is 1. The molecular formula is C23H23F3N4O2. The van der Waals surface area contributed by atoms with Crippen molar-refractivity contribution in [2.24, 2.45) is 11.3 Å². The van der Waals surface area contributed by atoms with Crippen LogP contribution in [0.5, 0.6) is 0 Å². The Morgan fingerprint density at radius 2 is 2.12 bits per heavy atom. The molecule has 4 rings (SSSR count). The van der Waals surface area contributed by atoms with Gasteiger partial charge in [0, 0.05) is 49.7 Å². The minimum Gasteiger partial charge on any atom is -0.396 e. The number of rotatable bonds is 4. The van der Waals surface area contributed by atoms with Crippen LogP contribution in [-0.4, -0.2) is 53.7 Å². The molecule has 6 nitrogen and oxygen atoms in total. The smallest absolute Gasteiger partial charge is 0.396 e. The van der Waals surface area contributed by atoms with Gasteiger partial charge in [-0.05, 0) is 42.2 Å². The van der Waals surface area contributed by atoms with Crippen LogP contribution >= 0.6 is 0 Å². The van der Waals surface area contributed by atoms with Crippen molar-refractivity contribution in [2.75, 3.05) is 37.7 Å². The Morgan fingerprint density at radius 1 is 1.31 bits per heavy atom. The van der Waals surface area contributed by atoms with Gasteiger partial charge in [0.1, 0.15) is 0 Å². The molecule has 2 fully saturated rings. The molecule has 1 aromatic carbocycles. The normalized spacial score (nSPS) is 23.0. The standard InChI is InChI=1S/C23H23F3N4O2/c24-23(25,26)20-9-19(4-3-17(20)10-27)29-7-5-18-12-30(14-22(18,13-29)15-31)21(32)8-16-2-1-6-28-11-16/h1-4,6,9,11,18,31H,5,7-8,12-15H2/t18-,22+/m1/s1. The maximum atomic E-state index is 13.4. The van der Waals surface area contributed by atoms with Gasteiger partial charge in [0.25, 0.3) is 0 Å². The SMILES string of the molecule is N#Cc1ccc(N2CC[C@@H]3CN(C(=O)Cc4cccnc4)C[C@]3(CO)C2)cc1C(F)(F)F. The zero-order valence-electron chi connectivity index (χ0n) is 17.3. The van der Waals surface area contributed by atoms with Crippen LogP contribution in [0.2, 0.25) is 0 Å². The summed E-state index contributed by atoms with van der Waals surface area (Å²) < 4.78 is 40.2. The maximum Gasteiger partial charge on any atom is 0.417 e. The summed E-state index contributed by atoms with van der Waals surface area (Å²) in [5.74, 6) is 0.0200. The van der Waals surface area contributed by atoms with E-state index < -0.39 is 22.7 Å². The van der Waals surface area contributed by atoms with Crippen LogP contribution in [0.3, 0.4) is 0 Å². The van der Waals surface area contributed by atoms with Crippen LogP contribution in [0.1, 0.15) is 23.1 Å². The molecule has 0 saturated carbocycles. The van der Waals surface area contributed by atoms with Crippen LogP contribution in [0.15, 0.2) is 42.7 Å². The summed E-state index contributed by atoms with van der Waals surface area (Å²) in [5.41, 5.74) is -0.805. The zero-order valence-corrected chi connectivity index (χ0v) is 17.3. The molecule has 3 heterocycles. The third-order valence-electron chi connectivity index (χ3n) is 6.61. The van der Waals surface area contributed by atoms with E-state index >= 15 is 0 Å². The van der Waals surface area contributed by atoms with E-state index in [1.807, 2.05) is 11.0 Å². The van der Waals surface area contributed by atoms with E-state index in [1.54, 1.807) is 29.4 Å². The number of nitrogens with zero attached hydrogens (tertiary/aromatic N) is 4. The molecule has 0 aliphatic carbocycles. The van der Waals surface area contributed by atoms with Gasteiger partial charge < -0.3 is 14.9 Å². The number of aliphatic hydroxyl groups excluding tert-OH is 1. The fraction of sp³-hybridized carbons (Fsp3) is 0.435. The molecule has 0 unspecified atom stereocenters. The first kappa shape index (κ1) is 22.1. The molecule has 0 bridgehead atoms. The second-order valence-corrected chi connectivity index (χ2v) is 8.58. The summed E-state index contributed by atoms with van der Waals surface area (Å²) in [6.45, 7) is 1.57. The van der Waals surface area contributed by atoms with Gasteiger partial charge in [0.05, 0.1) is 30.2 Å². The Morgan fingerprint density at radius 3 is 2.78 bits per heavy atom. The van der Waals surface area contributed by atoms with Gasteiger partial charge in [0.2, 0.25) is 5.91 Å². The highest BCUT2D eigenvalue weighted by atomic mass is 19.4. The second-order valence-electron chi connectivity index (χ2n) is 8.58. The molecule has 2 saturated heterocycles. The van der Waals surface area contributed by atoms with E-state index in [9.17, 15) is 23.1 Å². The number of amides is 1. The van der Waals surface area contributed by atoms with Gasteiger partial charge in [-0.3, -0.25) is 9.78 Å². The molecule has 1 aromatic heterocycles. The fourth-order valence-electron chi connectivity index (χ4n) is 4.87. The Bertz CT molecular complexity index is 1040. The summed E-state index contributed by atoms with van der Waals surface area (Å²) in [6.07, 6.45) is -0.472. The molecule has 0 radical (unpaired) electrons. The number of piperidine rings is 1. The number of aromatic nitrogens is 1. The Labute approximate surface area is 183 Å². The number of alkyl halides is 3. The van der Waals surface area contributed by atoms with Crippen molar-refractivity contribution in [2.45, 2.75) is 19.0 Å². The third kappa shape index (κ3) is 4.15. The molecule has 1 amide bonds. The number of likely N-dealkylation sites (tertiary alicyclic amines) is 1. The summed E-state index contributed by atoms with van der Waals surface area (Å²) in [5, 5.41) is 19.3. The monoisotopic (exact) mass is 444 g/mol. The molecule has 0 spiro atoms. The van der Waals surface area contributed by atoms with Gasteiger partial charge in [0.15, 0.2) is 0 Å². The van der Waals surface area contributed by atoms with Crippen molar-refractivity contribution in [3.63, 3.8) is 0 Å². The minimum atomic E-state index is -4.63. The number of fused-ring (bicyclic) bond motifs is 1. The molecule has 168 valence electrons. The highest BCUT2D eigenvalue weighted by molar-refractivity contribution is 5.79. The molecule has 1 N–H and O–H groups in total. The van der Waals surface area contributed by atoms with Crippen molar-refractivity contribution >= 4 is 11.6 Å². The summed E-state index contributed by atoms with van der Waals surface area (Å²) >= 11 is 0. The lowest BCUT2D eigenvalue weighted by Gasteiger charge is -2.44. The summed E-state index contributed by atoms with van der Waals surface area (Å²) in [4.78, 5) is 20.4. The van der Waals surface area contributed by atoms with Gasteiger partial charge >= 0.3 is 6.18 Å². The minimum absolute atomic E-state index is 0.0514. The van der Waals surface area contributed by atoms with E-state index in [1.165, 1.54) is 12.1 Å². The average molecular weight is 444 g/mol. The van der Waals surface area contributed by atoms with E-state index in [-0.39, 0.29) is 24.9 Å². The van der Waals surface area contributed by atoms with Crippen LogP contribution in [0.4, 0.5) is 18.9 Å². The predicted octanol–water partition coefficient (Wildman–Crippen LogP) is 2.86. The number of hydrogen-bond acceptors (Lipinski definition) is 5. The van der Waals surface area contributed by atoms with E-state index in [0.29, 0.717) is 38.3 Å². The molecule has 32 heavy (non-hydrogen) atoms. The predicted molar refractivity (Wildman–Crippen MR) is 111 cm³/mol. The average Bonchev–Trinajstić information content (AvgIpc) is 3.18. The van der Waals surface area contributed by atoms with Crippen LogP contribution in [-0.2, 0) is 17.4 Å². The second kappa shape index (κ2) is 8.43. The molecule has 9 heteroatoms. The molecule has 2 atom stereocenters. The molecule has 2 aliphatic rings. The first-order chi connectivity index (χ1) is 15.3. The van der Waals surface area contributed by atoms with E-state index in [2.05, 4.69) is 4.98 Å². The third-order valence-corrected chi connectivity index (χ3v) is 6.61. The summed E-state index contributed by atoms with van der Waals surface area (Å²) in [6, 6.07) is 8.91. The number of carbonyl (C=O) groups is 1. The van der Waals surface area contributed by atoms with Crippen molar-refractivity contribution in [1.82, 2.24) is 9.88 Å². The van der Waals surface area contributed by atoms with Gasteiger partial charge in [-0.15, -0.1) is 0 Å². The van der Waals surface area contributed by atoms with Crippen molar-refractivity contribution in [3.05, 3.63) is 59.4 Å². The summed E-state index contributed by atoms with van der Waals surface area (Å²) in [7, 11) is 0. The van der Waals surface area contributed by atoms with E-state index in [0.717, 1.165) is 11.6 Å². The van der Waals surface area contributed by atoms with Crippen LogP contribution in [0, 0.1) is 22.7 Å². The number of nitriles is 1. The number of aliphatic hydroxyl groups is 1. The van der Waals surface area contributed by atoms with Crippen molar-refractivity contribution in [1.29, 1.82) is 5.26 Å². The van der Waals surface area contributed by atoms with Gasteiger partial charge in [-0.2, -0.15) is 18.4 Å². The lowest BCUT2D eigenvalue weighted by molar-refractivity contribution is -0.137. The molecule has 2 aromatic rings. The number of anilines is 1. The van der Waals surface area contributed by atoms with Crippen molar-refractivity contribution in [3.8, 4) is 6.07 Å². The highest BCUT2D eigenvalue weighted by Gasteiger charge is 2.50. The highest BCUT2D eigenvalue weighted by Crippen LogP contribution is 2.44. The Balaban J connectivity index is 1.53. The fourth-order valence-corrected chi connectivity index (χ4v) is 4.87. The maximum absolute atomic E-state index is 13.4. The first-order valence-corrected chi connectivity index (χ1v) is 10.4. The quantitative estimate of drug-likeness (QED) is 0.785. The Kier molecular flexibility index (Phi) is 5.82. The lowest BCUT2D eigenvalue weighted by Crippen LogP contribution is -2.51. The van der Waals surface area contributed by atoms with Crippen molar-refractivity contribution < 1.29 is 23.1 Å². The van der Waals surface area contributed by atoms with E-state index in [4.69, 9.17) is 5.26 Å². The molecule has 2 aliphatic heterocycles. The zero-order chi connectivity index (χ0) is 22.9. The Hall–Kier alpha value is -3.12. The lowest BCUT2D eigenvalue weighted by atomic mass is 9.74. The number of benzene rings is 1. The van der Waals surface area contributed by atoms with Crippen LogP contribution in [0.25, 0.3) is 0 Å². The molecular weight excluding hydrogens is 421 g/mol. The largest absolute Gasteiger partial charge is 0.417 e.